The molecule has 0 aliphatic heterocycles. The molecule has 0 heterocycles. The van der Waals surface area contributed by atoms with Gasteiger partial charge in [-0.1, -0.05) is 35.8 Å². The lowest BCUT2D eigenvalue weighted by atomic mass is 10.1. The van der Waals surface area contributed by atoms with Gasteiger partial charge in [0.2, 0.25) is 0 Å². The van der Waals surface area contributed by atoms with Crippen LogP contribution in [0.15, 0.2) is 30.3 Å². The van der Waals surface area contributed by atoms with Crippen LogP contribution >= 0.6 is 0 Å². The Labute approximate surface area is 143 Å². The fourth-order valence-corrected chi connectivity index (χ4v) is 1.76. The van der Waals surface area contributed by atoms with Crippen molar-refractivity contribution in [1.82, 2.24) is 10.7 Å². The van der Waals surface area contributed by atoms with Gasteiger partial charge in [0.15, 0.2) is 5.03 Å². The van der Waals surface area contributed by atoms with E-state index in [0.29, 0.717) is 6.42 Å². The second-order valence-electron chi connectivity index (χ2n) is 4.81. The van der Waals surface area contributed by atoms with E-state index >= 15 is 0 Å². The van der Waals surface area contributed by atoms with Gasteiger partial charge in [-0.25, -0.2) is 25.1 Å². The Morgan fingerprint density at radius 3 is 2.60 bits per heavy atom. The topological polar surface area (TPSA) is 170 Å². The van der Waals surface area contributed by atoms with Gasteiger partial charge in [-0.15, -0.1) is 0 Å². The number of hydrazine groups is 1. The molecule has 0 aliphatic carbocycles. The highest BCUT2D eigenvalue weighted by molar-refractivity contribution is 5.90. The van der Waals surface area contributed by atoms with Gasteiger partial charge in [-0.3, -0.25) is 0 Å². The first-order valence-electron chi connectivity index (χ1n) is 7.31. The highest BCUT2D eigenvalue weighted by Crippen LogP contribution is 2.03. The Morgan fingerprint density at radius 1 is 1.32 bits per heavy atom. The molecule has 0 saturated carbocycles. The Hall–Kier alpha value is -3.21. The minimum Gasteiger partial charge on any atom is -0.445 e. The van der Waals surface area contributed by atoms with E-state index in [2.05, 4.69) is 10.1 Å². The maximum atomic E-state index is 11.9. The highest BCUT2D eigenvalue weighted by Gasteiger charge is 2.25. The molecule has 0 bridgehead atoms. The van der Waals surface area contributed by atoms with Crippen LogP contribution in [0.3, 0.4) is 0 Å². The SMILES string of the molecule is N=C(N[N+](=O)[O-])OC(=O)[C@H](CCCN)NC(=O)OCc1ccccc1. The van der Waals surface area contributed by atoms with Crippen molar-refractivity contribution in [2.24, 2.45) is 5.73 Å². The van der Waals surface area contributed by atoms with Gasteiger partial charge in [0.05, 0.1) is 0 Å². The number of rotatable bonds is 8. The van der Waals surface area contributed by atoms with Gasteiger partial charge >= 0.3 is 18.1 Å². The van der Waals surface area contributed by atoms with Gasteiger partial charge in [0.25, 0.3) is 0 Å². The van der Waals surface area contributed by atoms with Crippen LogP contribution < -0.4 is 16.5 Å². The van der Waals surface area contributed by atoms with Crippen molar-refractivity contribution >= 4 is 18.1 Å². The summed E-state index contributed by atoms with van der Waals surface area (Å²) in [6, 6.07) is 6.69. The summed E-state index contributed by atoms with van der Waals surface area (Å²) in [6.45, 7) is 0.263. The van der Waals surface area contributed by atoms with Crippen molar-refractivity contribution < 1.29 is 24.1 Å². The number of esters is 1. The van der Waals surface area contributed by atoms with Crippen LogP contribution in [0.4, 0.5) is 4.79 Å². The number of nitrogens with two attached hydrogens (primary N) is 1. The molecule has 0 aromatic heterocycles. The number of hydrogen-bond donors (Lipinski definition) is 4. The Kier molecular flexibility index (Phi) is 8.37. The minimum absolute atomic E-state index is 0.00400. The van der Waals surface area contributed by atoms with Crippen molar-refractivity contribution in [3.63, 3.8) is 0 Å². The van der Waals surface area contributed by atoms with Gasteiger partial charge in [-0.2, -0.15) is 0 Å². The molecular formula is C14H19N5O6. The number of nitrogens with zero attached hydrogens (tertiary/aromatic N) is 1. The Bertz CT molecular complexity index is 609. The number of hydrogen-bond acceptors (Lipinski definition) is 8. The number of nitrogens with one attached hydrogen (secondary N) is 3. The summed E-state index contributed by atoms with van der Waals surface area (Å²) in [4.78, 5) is 33.9. The van der Waals surface area contributed by atoms with Crippen LogP contribution in [0.5, 0.6) is 0 Å². The molecule has 25 heavy (non-hydrogen) atoms. The first-order chi connectivity index (χ1) is 11.9. The van der Waals surface area contributed by atoms with Crippen molar-refractivity contribution in [1.29, 1.82) is 5.41 Å². The zero-order valence-electron chi connectivity index (χ0n) is 13.3. The largest absolute Gasteiger partial charge is 0.445 e. The zero-order valence-corrected chi connectivity index (χ0v) is 13.3. The summed E-state index contributed by atoms with van der Waals surface area (Å²) >= 11 is 0. The van der Waals surface area contributed by atoms with Gasteiger partial charge in [-0.05, 0) is 24.9 Å². The van der Waals surface area contributed by atoms with Crippen molar-refractivity contribution in [2.75, 3.05) is 6.54 Å². The molecule has 0 saturated heterocycles. The van der Waals surface area contributed by atoms with Crippen LogP contribution in [-0.2, 0) is 20.9 Å². The molecule has 0 spiro atoms. The molecule has 0 aliphatic rings. The first kappa shape index (κ1) is 19.8. The number of amides is 1. The fraction of sp³-hybridized carbons (Fsp3) is 0.357. The third-order valence-corrected chi connectivity index (χ3v) is 2.88. The van der Waals surface area contributed by atoms with Crippen LogP contribution in [0.2, 0.25) is 0 Å². The second-order valence-corrected chi connectivity index (χ2v) is 4.81. The normalized spacial score (nSPS) is 11.1. The third kappa shape index (κ3) is 8.27. The fourth-order valence-electron chi connectivity index (χ4n) is 1.76. The minimum atomic E-state index is -1.15. The molecule has 11 nitrogen and oxygen atoms in total. The van der Waals surface area contributed by atoms with E-state index in [4.69, 9.17) is 15.9 Å². The molecule has 0 radical (unpaired) electrons. The van der Waals surface area contributed by atoms with E-state index in [1.807, 2.05) is 6.07 Å². The lowest BCUT2D eigenvalue weighted by Gasteiger charge is -2.16. The number of alkyl carbamates (subject to hydrolysis) is 1. The molecule has 5 N–H and O–H groups in total. The summed E-state index contributed by atoms with van der Waals surface area (Å²) in [6.07, 6.45) is -0.354. The van der Waals surface area contributed by atoms with Crippen LogP contribution in [0.1, 0.15) is 18.4 Å². The van der Waals surface area contributed by atoms with E-state index in [1.165, 1.54) is 5.43 Å². The van der Waals surface area contributed by atoms with Crippen molar-refractivity contribution in [2.45, 2.75) is 25.5 Å². The third-order valence-electron chi connectivity index (χ3n) is 2.88. The molecule has 1 aromatic rings. The molecule has 0 unspecified atom stereocenters. The molecule has 1 amide bonds. The second kappa shape index (κ2) is 10.5. The maximum absolute atomic E-state index is 11.9. The molecule has 1 rings (SSSR count). The number of benzene rings is 1. The summed E-state index contributed by atoms with van der Waals surface area (Å²) < 4.78 is 9.46. The van der Waals surface area contributed by atoms with Crippen LogP contribution in [0, 0.1) is 15.5 Å². The van der Waals surface area contributed by atoms with Crippen LogP contribution in [0.25, 0.3) is 0 Å². The number of ether oxygens (including phenoxy) is 2. The maximum Gasteiger partial charge on any atom is 0.408 e. The monoisotopic (exact) mass is 353 g/mol. The summed E-state index contributed by atoms with van der Waals surface area (Å²) in [5.41, 5.74) is 7.51. The number of carbonyl (C=O) groups is 2. The first-order valence-corrected chi connectivity index (χ1v) is 7.31. The van der Waals surface area contributed by atoms with E-state index in [-0.39, 0.29) is 19.6 Å². The Balaban J connectivity index is 2.55. The number of amidine groups is 1. The smallest absolute Gasteiger partial charge is 0.408 e. The van der Waals surface area contributed by atoms with E-state index in [1.54, 1.807) is 24.3 Å². The lowest BCUT2D eigenvalue weighted by Crippen LogP contribution is -2.44. The predicted octanol–water partition coefficient (Wildman–Crippen LogP) is 0.280. The van der Waals surface area contributed by atoms with Crippen molar-refractivity contribution in [3.8, 4) is 0 Å². The molecule has 1 aromatic carbocycles. The molecule has 136 valence electrons. The predicted molar refractivity (Wildman–Crippen MR) is 85.8 cm³/mol. The van der Waals surface area contributed by atoms with E-state index < -0.39 is 29.2 Å². The molecular weight excluding hydrogens is 334 g/mol. The molecule has 1 atom stereocenters. The molecule has 0 fully saturated rings. The van der Waals surface area contributed by atoms with Gasteiger partial charge < -0.3 is 20.5 Å². The average Bonchev–Trinajstić information content (AvgIpc) is 2.56. The standard InChI is InChI=1S/C14H19N5O6/c15-8-4-7-11(12(20)25-13(16)18-19(22)23)17-14(21)24-9-10-5-2-1-3-6-10/h1-3,5-6,11H,4,7-9,15H2,(H2,16,18)(H,17,21)/t11-/m0/s1. The van der Waals surface area contributed by atoms with E-state index in [9.17, 15) is 19.7 Å². The van der Waals surface area contributed by atoms with Crippen LogP contribution in [-0.4, -0.2) is 35.7 Å². The number of nitro groups is 1. The highest BCUT2D eigenvalue weighted by atomic mass is 16.7. The van der Waals surface area contributed by atoms with Gasteiger partial charge in [0, 0.05) is 0 Å². The quantitative estimate of drug-likeness (QED) is 0.170. The van der Waals surface area contributed by atoms with E-state index in [0.717, 1.165) is 5.56 Å². The van der Waals surface area contributed by atoms with Crippen molar-refractivity contribution in [3.05, 3.63) is 46.0 Å². The lowest BCUT2D eigenvalue weighted by molar-refractivity contribution is -0.527. The Morgan fingerprint density at radius 2 is 2.00 bits per heavy atom. The zero-order chi connectivity index (χ0) is 18.7. The average molecular weight is 353 g/mol. The summed E-state index contributed by atoms with van der Waals surface area (Å²) in [5.74, 6) is -1.04. The summed E-state index contributed by atoms with van der Waals surface area (Å²) in [5, 5.41) is 18.6. The summed E-state index contributed by atoms with van der Waals surface area (Å²) in [7, 11) is 0. The van der Waals surface area contributed by atoms with Gasteiger partial charge in [0.1, 0.15) is 12.6 Å². The molecule has 11 heteroatoms. The number of carbonyl (C=O) groups excluding carboxylic acids is 2.